The van der Waals surface area contributed by atoms with E-state index in [1.54, 1.807) is 12.4 Å². The molecule has 3 heteroatoms. The molecule has 2 aliphatic rings. The zero-order valence-corrected chi connectivity index (χ0v) is 8.04. The molecule has 72 valence electrons. The molecule has 0 unspecified atom stereocenters. The maximum atomic E-state index is 4.12. The van der Waals surface area contributed by atoms with Crippen LogP contribution >= 0.6 is 0 Å². The molecule has 0 saturated heterocycles. The first kappa shape index (κ1) is 8.17. The van der Waals surface area contributed by atoms with E-state index < -0.39 is 0 Å². The van der Waals surface area contributed by atoms with Crippen LogP contribution < -0.4 is 4.90 Å². The van der Waals surface area contributed by atoms with Crippen LogP contribution in [0.25, 0.3) is 6.08 Å². The summed E-state index contributed by atoms with van der Waals surface area (Å²) < 4.78 is 0. The standard InChI is InChI=1S/C12H9N3/c1-2-10-8-13-5-4-12(10)15-7-6-14-9-11(15)3-1/h1-9H. The number of fused-ring (bicyclic) bond motifs is 3. The normalized spacial score (nSPS) is 16.8. The summed E-state index contributed by atoms with van der Waals surface area (Å²) >= 11 is 0. The van der Waals surface area contributed by atoms with Crippen molar-refractivity contribution < 1.29 is 0 Å². The number of allylic oxidation sites excluding steroid dienone is 3. The summed E-state index contributed by atoms with van der Waals surface area (Å²) in [7, 11) is 0. The quantitative estimate of drug-likeness (QED) is 0.635. The number of anilines is 1. The lowest BCUT2D eigenvalue weighted by atomic mass is 10.2. The lowest BCUT2D eigenvalue weighted by Gasteiger charge is -2.23. The Morgan fingerprint density at radius 1 is 1.27 bits per heavy atom. The highest BCUT2D eigenvalue weighted by molar-refractivity contribution is 5.90. The zero-order chi connectivity index (χ0) is 10.1. The zero-order valence-electron chi connectivity index (χ0n) is 8.04. The van der Waals surface area contributed by atoms with E-state index in [0.29, 0.717) is 0 Å². The van der Waals surface area contributed by atoms with Crippen LogP contribution in [0.15, 0.2) is 53.7 Å². The van der Waals surface area contributed by atoms with Crippen LogP contribution in [0.2, 0.25) is 0 Å². The highest BCUT2D eigenvalue weighted by Gasteiger charge is 2.14. The first-order chi connectivity index (χ1) is 7.45. The van der Waals surface area contributed by atoms with Gasteiger partial charge in [0.1, 0.15) is 0 Å². The lowest BCUT2D eigenvalue weighted by Crippen LogP contribution is -2.18. The minimum Gasteiger partial charge on any atom is -0.313 e. The van der Waals surface area contributed by atoms with Crippen molar-refractivity contribution in [3.63, 3.8) is 0 Å². The van der Waals surface area contributed by atoms with Gasteiger partial charge in [-0.2, -0.15) is 0 Å². The predicted molar refractivity (Wildman–Crippen MR) is 61.5 cm³/mol. The van der Waals surface area contributed by atoms with E-state index in [1.807, 2.05) is 36.8 Å². The Morgan fingerprint density at radius 2 is 2.27 bits per heavy atom. The third-order valence-corrected chi connectivity index (χ3v) is 2.42. The molecule has 1 aromatic heterocycles. The van der Waals surface area contributed by atoms with Gasteiger partial charge in [-0.3, -0.25) is 9.98 Å². The van der Waals surface area contributed by atoms with Crippen molar-refractivity contribution in [2.45, 2.75) is 0 Å². The second-order valence-electron chi connectivity index (χ2n) is 3.33. The van der Waals surface area contributed by atoms with Crippen molar-refractivity contribution in [1.82, 2.24) is 4.98 Å². The molecule has 15 heavy (non-hydrogen) atoms. The molecule has 3 nitrogen and oxygen atoms in total. The van der Waals surface area contributed by atoms with Crippen molar-refractivity contribution >= 4 is 18.0 Å². The lowest BCUT2D eigenvalue weighted by molar-refractivity contribution is 1.18. The van der Waals surface area contributed by atoms with Gasteiger partial charge in [0.25, 0.3) is 0 Å². The smallest absolute Gasteiger partial charge is 0.0639 e. The van der Waals surface area contributed by atoms with E-state index >= 15 is 0 Å². The highest BCUT2D eigenvalue weighted by Crippen LogP contribution is 2.27. The first-order valence-corrected chi connectivity index (χ1v) is 4.76. The van der Waals surface area contributed by atoms with Gasteiger partial charge < -0.3 is 4.90 Å². The summed E-state index contributed by atoms with van der Waals surface area (Å²) in [5, 5.41) is 0. The fraction of sp³-hybridized carbons (Fsp3) is 0. The predicted octanol–water partition coefficient (Wildman–Crippen LogP) is 2.35. The second kappa shape index (κ2) is 3.20. The molecule has 3 rings (SSSR count). The summed E-state index contributed by atoms with van der Waals surface area (Å²) in [6.07, 6.45) is 15.4. The van der Waals surface area contributed by atoms with Gasteiger partial charge in [0.15, 0.2) is 0 Å². The van der Waals surface area contributed by atoms with Crippen molar-refractivity contribution in [2.24, 2.45) is 4.99 Å². The Labute approximate surface area is 87.8 Å². The van der Waals surface area contributed by atoms with Gasteiger partial charge >= 0.3 is 0 Å². The molecule has 0 fully saturated rings. The van der Waals surface area contributed by atoms with Crippen molar-refractivity contribution in [3.8, 4) is 0 Å². The summed E-state index contributed by atoms with van der Waals surface area (Å²) in [5.74, 6) is 0. The average Bonchev–Trinajstić information content (AvgIpc) is 2.48. The van der Waals surface area contributed by atoms with Crippen LogP contribution in [-0.4, -0.2) is 11.2 Å². The molecular weight excluding hydrogens is 186 g/mol. The summed E-state index contributed by atoms with van der Waals surface area (Å²) in [6.45, 7) is 0. The van der Waals surface area contributed by atoms with Gasteiger partial charge in [0, 0.05) is 30.4 Å². The highest BCUT2D eigenvalue weighted by atomic mass is 15.2. The van der Waals surface area contributed by atoms with Crippen LogP contribution in [-0.2, 0) is 0 Å². The van der Waals surface area contributed by atoms with Crippen LogP contribution in [0.3, 0.4) is 0 Å². The minimum atomic E-state index is 1.07. The Kier molecular flexibility index (Phi) is 1.75. The molecule has 0 radical (unpaired) electrons. The van der Waals surface area contributed by atoms with Gasteiger partial charge in [-0.15, -0.1) is 0 Å². The summed E-state index contributed by atoms with van der Waals surface area (Å²) in [4.78, 5) is 10.3. The number of hydrogen-bond donors (Lipinski definition) is 0. The summed E-state index contributed by atoms with van der Waals surface area (Å²) in [5.41, 5.74) is 3.31. The third kappa shape index (κ3) is 1.29. The Balaban J connectivity index is 2.20. The maximum Gasteiger partial charge on any atom is 0.0639 e. The first-order valence-electron chi connectivity index (χ1n) is 4.76. The molecule has 1 aromatic rings. The Hall–Kier alpha value is -2.16. The molecule has 3 heterocycles. The molecular formula is C12H9N3. The largest absolute Gasteiger partial charge is 0.313 e. The monoisotopic (exact) mass is 195 g/mol. The molecule has 0 bridgehead atoms. The third-order valence-electron chi connectivity index (χ3n) is 2.42. The van der Waals surface area contributed by atoms with Gasteiger partial charge in [-0.1, -0.05) is 12.2 Å². The molecule has 0 amide bonds. The van der Waals surface area contributed by atoms with Gasteiger partial charge in [0.2, 0.25) is 0 Å². The average molecular weight is 195 g/mol. The molecule has 0 N–H and O–H groups in total. The molecule has 2 aliphatic heterocycles. The van der Waals surface area contributed by atoms with Crippen LogP contribution in [0.4, 0.5) is 5.69 Å². The van der Waals surface area contributed by atoms with E-state index in [0.717, 1.165) is 16.9 Å². The van der Waals surface area contributed by atoms with E-state index in [-0.39, 0.29) is 0 Å². The molecule has 0 aliphatic carbocycles. The van der Waals surface area contributed by atoms with E-state index in [4.69, 9.17) is 0 Å². The fourth-order valence-electron chi connectivity index (χ4n) is 1.71. The van der Waals surface area contributed by atoms with Gasteiger partial charge in [-0.05, 0) is 12.1 Å². The molecule has 0 atom stereocenters. The van der Waals surface area contributed by atoms with Crippen molar-refractivity contribution in [1.29, 1.82) is 0 Å². The van der Waals surface area contributed by atoms with E-state index in [2.05, 4.69) is 21.0 Å². The topological polar surface area (TPSA) is 28.5 Å². The summed E-state index contributed by atoms with van der Waals surface area (Å²) in [6, 6.07) is 2.00. The van der Waals surface area contributed by atoms with Crippen LogP contribution in [0, 0.1) is 0 Å². The Bertz CT molecular complexity index is 509. The van der Waals surface area contributed by atoms with E-state index in [9.17, 15) is 0 Å². The van der Waals surface area contributed by atoms with E-state index in [1.165, 1.54) is 0 Å². The van der Waals surface area contributed by atoms with Crippen molar-refractivity contribution in [3.05, 3.63) is 54.3 Å². The SMILES string of the molecule is C1=Cc2cnccc2N2C=CN=CC2=C1. The van der Waals surface area contributed by atoms with Gasteiger partial charge in [0.05, 0.1) is 17.6 Å². The molecule has 0 saturated carbocycles. The van der Waals surface area contributed by atoms with Crippen molar-refractivity contribution in [2.75, 3.05) is 4.90 Å². The molecule has 0 aromatic carbocycles. The number of nitrogens with zero attached hydrogens (tertiary/aromatic N) is 3. The molecule has 0 spiro atoms. The van der Waals surface area contributed by atoms with Gasteiger partial charge in [-0.25, -0.2) is 0 Å². The minimum absolute atomic E-state index is 1.07. The Morgan fingerprint density at radius 3 is 3.27 bits per heavy atom. The number of hydrogen-bond acceptors (Lipinski definition) is 3. The maximum absolute atomic E-state index is 4.12. The second-order valence-corrected chi connectivity index (χ2v) is 3.33. The van der Waals surface area contributed by atoms with Crippen LogP contribution in [0.5, 0.6) is 0 Å². The number of aromatic nitrogens is 1. The number of aliphatic imine (C=N–C) groups is 1. The number of rotatable bonds is 0. The fourth-order valence-corrected chi connectivity index (χ4v) is 1.71. The van der Waals surface area contributed by atoms with Crippen LogP contribution in [0.1, 0.15) is 5.56 Å². The number of pyridine rings is 1.